The number of hydrogen-bond acceptors (Lipinski definition) is 13. The third-order valence-corrected chi connectivity index (χ3v) is 19.2. The van der Waals surface area contributed by atoms with E-state index in [1.165, 1.54) is 120 Å². The van der Waals surface area contributed by atoms with Crippen LogP contribution in [0.5, 0.6) is 5.75 Å². The van der Waals surface area contributed by atoms with E-state index in [0.29, 0.717) is 88.3 Å². The summed E-state index contributed by atoms with van der Waals surface area (Å²) in [5.74, 6) is -1.04. The number of aromatic amines is 1. The number of thioether (sulfide) groups is 4. The molecule has 0 saturated heterocycles. The Labute approximate surface area is 582 Å². The highest BCUT2D eigenvalue weighted by molar-refractivity contribution is 7.99. The molecule has 0 atom stereocenters. The van der Waals surface area contributed by atoms with Crippen molar-refractivity contribution >= 4 is 90.1 Å². The Morgan fingerprint density at radius 1 is 0.440 bits per heavy atom. The largest absolute Gasteiger partial charge is 0.433 e. The summed E-state index contributed by atoms with van der Waals surface area (Å²) in [6.45, 7) is 7.42. The lowest BCUT2D eigenvalue weighted by atomic mass is 10.1. The van der Waals surface area contributed by atoms with Gasteiger partial charge in [0.25, 0.3) is 5.56 Å². The number of aryl methyl sites for hydroxylation is 4. The van der Waals surface area contributed by atoms with Gasteiger partial charge >= 0.3 is 12.3 Å². The first-order chi connectivity index (χ1) is 47.7. The number of nitriles is 4. The molecule has 0 unspecified atom stereocenters. The lowest BCUT2D eigenvalue weighted by Gasteiger charge is -2.14. The van der Waals surface area contributed by atoms with Crippen molar-refractivity contribution in [3.63, 3.8) is 0 Å². The number of benzene rings is 8. The molecular weight excluding hydrogens is 1380 g/mol. The molecule has 8 aromatic carbocycles. The molecule has 0 bridgehead atoms. The van der Waals surface area contributed by atoms with Crippen LogP contribution in [0.25, 0.3) is 43.1 Å². The van der Waals surface area contributed by atoms with Crippen molar-refractivity contribution in [2.75, 3.05) is 0 Å². The molecule has 25 heteroatoms. The number of pyridine rings is 4. The Bertz CT molecular complexity index is 5340. The van der Waals surface area contributed by atoms with Crippen LogP contribution in [-0.2, 0) is 29.2 Å². The molecule has 504 valence electrons. The molecule has 0 aliphatic carbocycles. The molecule has 0 aliphatic rings. The van der Waals surface area contributed by atoms with E-state index in [4.69, 9.17) is 5.26 Å². The molecule has 0 aliphatic heterocycles. The van der Waals surface area contributed by atoms with Gasteiger partial charge in [-0.25, -0.2) is 41.3 Å². The summed E-state index contributed by atoms with van der Waals surface area (Å²) in [6, 6.07) is 48.3. The van der Waals surface area contributed by atoms with Crippen molar-refractivity contribution in [3.8, 4) is 30.0 Å². The fourth-order valence-electron chi connectivity index (χ4n) is 10.3. The van der Waals surface area contributed by atoms with Crippen molar-refractivity contribution in [1.29, 1.82) is 21.0 Å². The molecule has 12 rings (SSSR count). The Morgan fingerprint density at radius 2 is 0.860 bits per heavy atom. The van der Waals surface area contributed by atoms with Crippen molar-refractivity contribution in [2.45, 2.75) is 90.0 Å². The van der Waals surface area contributed by atoms with Gasteiger partial charge in [0.1, 0.15) is 85.6 Å². The molecule has 4 heterocycles. The number of halogens is 11. The van der Waals surface area contributed by atoms with Crippen molar-refractivity contribution in [3.05, 3.63) is 282 Å². The standard InChI is InChI=1S/C20H15F3N2OS.C19H12F4N2S.C18H12F2N2OS.C18H12F2N2S/c1-12-16(10-24)18-15(7-4-8-17(18)21)19(25-12)27-11-13-5-3-6-14(9-13)26-20(2,22)23;1-11-14(9-24)17-13(6-4-8-16(17)20)18(25-11)26-10-12-5-2-3-7-15(12)19(21,22)23;1-10-7-12(19)6-5-11(10)9-24-18-13-3-2-4-15(20)16(13)14(8-21)17(23)22-18;1-11-15(9-21)17-14(3-2-4-16(17)20)18(22-11)23-10-12-5-7-13(19)8-6-12/h3-9H,11H2,1-2H3;2-8H,10H2,1H3;2-7H,9H2,1H3,(H,22,23);2-8H,10H2,1H3. The topological polar surface area (TPSA) is 176 Å². The van der Waals surface area contributed by atoms with Crippen LogP contribution in [0.2, 0.25) is 0 Å². The fourth-order valence-corrected chi connectivity index (χ4v) is 14.5. The molecule has 0 spiro atoms. The molecule has 0 fully saturated rings. The average Bonchev–Trinajstić information content (AvgIpc) is 0.796. The molecule has 0 saturated carbocycles. The third kappa shape index (κ3) is 17.7. The predicted molar refractivity (Wildman–Crippen MR) is 368 cm³/mol. The molecule has 12 aromatic rings. The smallest absolute Gasteiger partial charge is 0.416 e. The van der Waals surface area contributed by atoms with Crippen LogP contribution < -0.4 is 10.3 Å². The molecule has 10 nitrogen and oxygen atoms in total. The van der Waals surface area contributed by atoms with Crippen molar-refractivity contribution in [2.24, 2.45) is 0 Å². The number of fused-ring (bicyclic) bond motifs is 4. The lowest BCUT2D eigenvalue weighted by molar-refractivity contribution is -0.159. The van der Waals surface area contributed by atoms with E-state index in [-0.39, 0.29) is 67.1 Å². The van der Waals surface area contributed by atoms with Gasteiger partial charge in [-0.15, -0.1) is 47.0 Å². The highest BCUT2D eigenvalue weighted by Crippen LogP contribution is 2.40. The van der Waals surface area contributed by atoms with Crippen LogP contribution in [0.1, 0.15) is 79.6 Å². The summed E-state index contributed by atoms with van der Waals surface area (Å²) in [6.07, 6.45) is -7.70. The van der Waals surface area contributed by atoms with Crippen LogP contribution in [-0.4, -0.2) is 26.0 Å². The number of aromatic nitrogens is 4. The highest BCUT2D eigenvalue weighted by atomic mass is 32.2. The number of alkyl halides is 5. The van der Waals surface area contributed by atoms with Gasteiger partial charge in [0, 0.05) is 73.0 Å². The third-order valence-electron chi connectivity index (χ3n) is 15.0. The van der Waals surface area contributed by atoms with Crippen LogP contribution in [0, 0.1) is 108 Å². The van der Waals surface area contributed by atoms with Crippen LogP contribution in [0.3, 0.4) is 0 Å². The SMILES string of the molecule is Cc1cc(F)ccc1CSc1[nH]c(=O)c(C#N)c2c(F)cccc12.Cc1nc(SCc2ccc(F)cc2)c2cccc(F)c2c1C#N.Cc1nc(SCc2cccc(OC(C)(F)F)c2)c2cccc(F)c2c1C#N.Cc1nc(SCc2ccccc2C(F)(F)F)c2cccc(F)c2c1C#N. The Kier molecular flexibility index (Phi) is 24.0. The van der Waals surface area contributed by atoms with Gasteiger partial charge in [-0.05, 0) is 122 Å². The zero-order chi connectivity index (χ0) is 72.2. The molecule has 4 aromatic heterocycles. The predicted octanol–water partition coefficient (Wildman–Crippen LogP) is 21.0. The fraction of sp³-hybridized carbons (Fsp3) is 0.147. The van der Waals surface area contributed by atoms with E-state index in [0.717, 1.165) is 40.1 Å². The van der Waals surface area contributed by atoms with E-state index in [1.54, 1.807) is 107 Å². The molecule has 0 amide bonds. The summed E-state index contributed by atoms with van der Waals surface area (Å²) in [5.41, 5.74) is 3.91. The maximum Gasteiger partial charge on any atom is 0.416 e. The molecule has 100 heavy (non-hydrogen) atoms. The summed E-state index contributed by atoms with van der Waals surface area (Å²) in [5, 5.41) is 41.9. The van der Waals surface area contributed by atoms with Crippen molar-refractivity contribution in [1.82, 2.24) is 19.9 Å². The number of ether oxygens (including phenoxy) is 1. The van der Waals surface area contributed by atoms with Gasteiger partial charge in [0.15, 0.2) is 0 Å². The monoisotopic (exact) mass is 1430 g/mol. The maximum absolute atomic E-state index is 14.3. The molecular formula is C75H51F11N8O2S4. The molecule has 0 radical (unpaired) electrons. The Hall–Kier alpha value is -10.4. The quantitative estimate of drug-likeness (QED) is 0.0805. The van der Waals surface area contributed by atoms with Gasteiger partial charge in [0.2, 0.25) is 0 Å². The van der Waals surface area contributed by atoms with Gasteiger partial charge < -0.3 is 9.72 Å². The summed E-state index contributed by atoms with van der Waals surface area (Å²) >= 11 is 5.18. The summed E-state index contributed by atoms with van der Waals surface area (Å²) < 4.78 is 153. The normalized spacial score (nSPS) is 11.1. The number of hydrogen-bond donors (Lipinski definition) is 1. The van der Waals surface area contributed by atoms with Gasteiger partial charge in [-0.1, -0.05) is 97.1 Å². The van der Waals surface area contributed by atoms with Crippen LogP contribution in [0.15, 0.2) is 189 Å². The summed E-state index contributed by atoms with van der Waals surface area (Å²) in [4.78, 5) is 27.9. The highest BCUT2D eigenvalue weighted by Gasteiger charge is 2.33. The van der Waals surface area contributed by atoms with E-state index in [1.807, 2.05) is 18.2 Å². The molecule has 1 N–H and O–H groups in total. The summed E-state index contributed by atoms with van der Waals surface area (Å²) in [7, 11) is 0. The number of nitrogens with zero attached hydrogens (tertiary/aromatic N) is 7. The average molecular weight is 1430 g/mol. The van der Waals surface area contributed by atoms with E-state index >= 15 is 0 Å². The first-order valence-electron chi connectivity index (χ1n) is 29.7. The first-order valence-corrected chi connectivity index (χ1v) is 33.7. The van der Waals surface area contributed by atoms with E-state index in [2.05, 4.69) is 24.7 Å². The van der Waals surface area contributed by atoms with Gasteiger partial charge in [-0.3, -0.25) is 4.79 Å². The second-order valence-corrected chi connectivity index (χ2v) is 25.8. The zero-order valence-electron chi connectivity index (χ0n) is 53.2. The second kappa shape index (κ2) is 32.5. The lowest BCUT2D eigenvalue weighted by Crippen LogP contribution is -2.19. The van der Waals surface area contributed by atoms with E-state index < -0.39 is 46.7 Å². The number of nitrogens with one attached hydrogen (secondary N) is 1. The van der Waals surface area contributed by atoms with Crippen LogP contribution in [0.4, 0.5) is 48.3 Å². The number of H-pyrrole nitrogens is 1. The zero-order valence-corrected chi connectivity index (χ0v) is 56.4. The maximum atomic E-state index is 14.3. The van der Waals surface area contributed by atoms with Crippen LogP contribution >= 0.6 is 47.0 Å². The Balaban J connectivity index is 0.000000156. The van der Waals surface area contributed by atoms with Crippen molar-refractivity contribution < 1.29 is 53.0 Å². The first kappa shape index (κ1) is 73.8. The van der Waals surface area contributed by atoms with E-state index in [9.17, 15) is 68.9 Å². The minimum atomic E-state index is -4.45. The Morgan fingerprint density at radius 3 is 1.32 bits per heavy atom. The minimum Gasteiger partial charge on any atom is -0.433 e. The van der Waals surface area contributed by atoms with Gasteiger partial charge in [-0.2, -0.15) is 43.0 Å². The minimum absolute atomic E-state index is 0.0274. The second-order valence-electron chi connectivity index (χ2n) is 22.0. The van der Waals surface area contributed by atoms with Gasteiger partial charge in [0.05, 0.1) is 44.4 Å². The number of rotatable bonds is 14.